The lowest BCUT2D eigenvalue weighted by Gasteiger charge is -2.46. The molecule has 6 aliphatic rings. The molecule has 0 bridgehead atoms. The van der Waals surface area contributed by atoms with Crippen LogP contribution in [0.5, 0.6) is 23.0 Å². The summed E-state index contributed by atoms with van der Waals surface area (Å²) in [6.45, 7) is 29.0. The van der Waals surface area contributed by atoms with Crippen LogP contribution in [0.25, 0.3) is 44.5 Å². The molecule has 16 atom stereocenters. The molecule has 132 heavy (non-hydrogen) atoms. The Bertz CT molecular complexity index is 5340. The van der Waals surface area contributed by atoms with Crippen LogP contribution in [0.15, 0.2) is 170 Å². The van der Waals surface area contributed by atoms with Crippen LogP contribution in [0, 0.1) is 23.3 Å². The van der Waals surface area contributed by atoms with Crippen molar-refractivity contribution in [2.45, 2.75) is 269 Å². The summed E-state index contributed by atoms with van der Waals surface area (Å²) in [7, 11) is 3.07. The first-order valence-electron chi connectivity index (χ1n) is 47.9. The monoisotopic (exact) mass is 1870 g/mol. The molecule has 6 fully saturated rings. The molecular weight excluding hydrogens is 1720 g/mol. The van der Waals surface area contributed by atoms with Gasteiger partial charge in [0.1, 0.15) is 107 Å². The fourth-order valence-corrected chi connectivity index (χ4v) is 16.9. The van der Waals surface area contributed by atoms with Crippen molar-refractivity contribution in [1.82, 2.24) is 21.3 Å². The average molecular weight is 1870 g/mol. The van der Waals surface area contributed by atoms with Gasteiger partial charge in [0.25, 0.3) is 0 Å². The highest BCUT2D eigenvalue weighted by atomic mass is 19.1. The van der Waals surface area contributed by atoms with E-state index >= 15 is 0 Å². The van der Waals surface area contributed by atoms with Gasteiger partial charge in [0.15, 0.2) is 23.8 Å². The second kappa shape index (κ2) is 43.5. The third-order valence-corrected chi connectivity index (χ3v) is 23.3. The predicted octanol–water partition coefficient (Wildman–Crippen LogP) is 13.2. The fraction of sp³-hybridized carbons (Fsp3) is 0.480. The highest BCUT2D eigenvalue weighted by molar-refractivity contribution is 5.76. The zero-order chi connectivity index (χ0) is 104. The summed E-state index contributed by atoms with van der Waals surface area (Å²) in [5, 5.41) is 73.3. The van der Waals surface area contributed by atoms with E-state index in [1.807, 2.05) is 82.3 Å². The number of methoxy groups -OCH3 is 2. The normalized spacial score (nSPS) is 26.2. The maximum atomic E-state index is 14.0. The maximum Gasteiger partial charge on any atom is 0.229 e. The van der Waals surface area contributed by atoms with E-state index in [2.05, 4.69) is 21.3 Å². The molecule has 32 heteroatoms. The number of hydrogen-bond acceptors (Lipinski definition) is 24. The molecule has 0 radical (unpaired) electrons. The molecule has 14 rings (SSSR count). The maximum absolute atomic E-state index is 14.0. The lowest BCUT2D eigenvalue weighted by Crippen LogP contribution is -2.63. The first kappa shape index (κ1) is 96.5. The summed E-state index contributed by atoms with van der Waals surface area (Å²) in [6, 6.07) is 46.6. The van der Waals surface area contributed by atoms with Crippen molar-refractivity contribution >= 4 is 23.6 Å². The van der Waals surface area contributed by atoms with Gasteiger partial charge in [0.05, 0.1) is 22.4 Å². The van der Waals surface area contributed by atoms with Gasteiger partial charge in [-0.1, -0.05) is 72.8 Å². The minimum absolute atomic E-state index is 0. The molecule has 6 heterocycles. The topological polar surface area (TPSA) is 367 Å². The SMILES string of the molecule is CC(=O)NCCc1ccc(O[C@@H]2OC(C)(C)[C@H](O)[C@@H](O)[C@H]2O)cc1-c1cccc(F)c1.CC(=O)NCCc1ccc(O[C@@H]2OC(C)(C)[C@H](O)[C@H]3OC(C)(C)O[C@@H]23)cc1-c1cccc(F)c1.CO[C@@H]1[C@@H](O)[C@@H](O)[C@H](Oc2ccc(CCNC(C)=O)c(-c3cccc(F)c3)c2)OC1(C)C.CO[C@@H]1[C@H]2OC(C)(C)O[C@H]2[C@H](Oc2ccc(CCNC(C)=O)c(-c3cccc(F)c3)c2)OC1(C)C.[3HH].[3H][3H].[3H][3H].[3H][3H].[3H][3H]. The molecule has 4 amide bonds. The van der Waals surface area contributed by atoms with Gasteiger partial charge in [-0.25, -0.2) is 17.6 Å². The van der Waals surface area contributed by atoms with Crippen molar-refractivity contribution in [3.8, 4) is 67.5 Å². The van der Waals surface area contributed by atoms with E-state index in [0.29, 0.717) is 97.1 Å². The Balaban J connectivity index is 0.000000281. The van der Waals surface area contributed by atoms with Gasteiger partial charge in [0.2, 0.25) is 48.8 Å². The van der Waals surface area contributed by atoms with Crippen molar-refractivity contribution < 1.29 is 147 Å². The van der Waals surface area contributed by atoms with Gasteiger partial charge in [-0.15, -0.1) is 0 Å². The number of nitrogens with one attached hydrogen (secondary N) is 4. The van der Waals surface area contributed by atoms with Gasteiger partial charge in [0, 0.05) is 81.4 Å². The number of carbonyl (C=O) groups is 4. The minimum Gasteiger partial charge on any atom is -0.462 e. The van der Waals surface area contributed by atoms with Crippen molar-refractivity contribution in [3.05, 3.63) is 215 Å². The lowest BCUT2D eigenvalue weighted by molar-refractivity contribution is -0.305. The lowest BCUT2D eigenvalue weighted by atomic mass is 9.89. The standard InChI is InChI=1S/C27H34FNO6.C26H32FNO6.C24H30FNO6.C23H28FNO6.5H2/c1-16(30)29-13-12-17-10-11-20(15-21(17)18-8-7-9-19(28)14-18)32-25-23-22(33-27(4,5)34-23)24(31-6)26(2,3)35-25;1-15(29)28-12-11-16-9-10-19(14-20(16)17-7-6-8-18(27)13-17)31-24-22-21(32-26(4,5)33-22)23(30)25(2,3)34-24;1-14(27)26-11-10-15-8-9-18(13-19(15)16-6-5-7-17(25)12-16)31-23-21(29)20(28)22(30-4)24(2,3)32-23;1-13(26)25-10-9-14-7-8-17(12-18(14)15-5-4-6-16(24)11-15)30-22-20(28)19(27)21(29)23(2,3)31-22;;;;;/h7-11,14-15,22-25H,12-13H2,1-6H3,(H,29,30);6-10,13-14,21-24,30H,11-12H2,1-5H3,(H,28,29);5-9,12-13,20-23,28-29H,10-11H2,1-4H3,(H,26,27);4-8,11-12,19-22,27-29H,9-10H2,1-3H3,(H,25,26);5*1H/t22-,23+,24+,25+;21-,22+,23+,24+;20-,21+,22+,23+;19-,20+,21+,22+;;;;;/m0000...../s1/i;;;;4*1+2T;1+2. The number of aliphatic hydroxyl groups excluding tert-OH is 6. The Kier molecular flexibility index (Phi) is 31.8. The van der Waals surface area contributed by atoms with Crippen LogP contribution in [0.2, 0.25) is 0 Å². The number of benzene rings is 8. The van der Waals surface area contributed by atoms with Crippen LogP contribution < -0.4 is 40.2 Å². The summed E-state index contributed by atoms with van der Waals surface area (Å²) >= 11 is 0. The number of fused-ring (bicyclic) bond motifs is 2. The number of amides is 4. The quantitative estimate of drug-likeness (QED) is 0.0225. The van der Waals surface area contributed by atoms with Gasteiger partial charge in [-0.2, -0.15) is 0 Å². The van der Waals surface area contributed by atoms with Crippen molar-refractivity contribution in [2.24, 2.45) is 0 Å². The summed E-state index contributed by atoms with van der Waals surface area (Å²) in [5.41, 5.74) is 5.75. The summed E-state index contributed by atoms with van der Waals surface area (Å²) in [4.78, 5) is 45.0. The summed E-state index contributed by atoms with van der Waals surface area (Å²) in [5.74, 6) is -1.82. The van der Waals surface area contributed by atoms with Crippen molar-refractivity contribution in [3.63, 3.8) is 0 Å². The van der Waals surface area contributed by atoms with Crippen LogP contribution in [0.1, 0.15) is 146 Å². The van der Waals surface area contributed by atoms with E-state index in [1.54, 1.807) is 129 Å². The Hall–Kier alpha value is -10.1. The average Bonchev–Trinajstić information content (AvgIpc) is 1.60. The van der Waals surface area contributed by atoms with Crippen molar-refractivity contribution in [2.75, 3.05) is 40.4 Å². The van der Waals surface area contributed by atoms with Gasteiger partial charge >= 0.3 is 0 Å². The minimum atomic E-state index is -1.46. The molecule has 0 spiro atoms. The molecule has 0 aromatic heterocycles. The molecule has 0 saturated carbocycles. The van der Waals surface area contributed by atoms with E-state index < -0.39 is 120 Å². The van der Waals surface area contributed by atoms with Gasteiger partial charge in [-0.3, -0.25) is 19.2 Å². The Morgan fingerprint density at radius 2 is 0.591 bits per heavy atom. The van der Waals surface area contributed by atoms with E-state index in [4.69, 9.17) is 78.2 Å². The first-order valence-corrected chi connectivity index (χ1v) is 43.9. The smallest absolute Gasteiger partial charge is 0.229 e. The molecule has 6 aliphatic heterocycles. The zero-order valence-corrected chi connectivity index (χ0v) is 77.6. The van der Waals surface area contributed by atoms with E-state index in [0.717, 1.165) is 44.5 Å². The highest BCUT2D eigenvalue weighted by Gasteiger charge is 2.61. The van der Waals surface area contributed by atoms with E-state index in [9.17, 15) is 67.4 Å². The number of ether oxygens (including phenoxy) is 14. The van der Waals surface area contributed by atoms with Crippen LogP contribution in [-0.2, 0) is 92.2 Å². The molecule has 8 aromatic rings. The highest BCUT2D eigenvalue weighted by Crippen LogP contribution is 2.47. The summed E-state index contributed by atoms with van der Waals surface area (Å²) in [6.07, 6.45) is -12.5. The number of carbonyl (C=O) groups excluding carboxylic acids is 4. The van der Waals surface area contributed by atoms with E-state index in [1.165, 1.54) is 83.3 Å². The number of aliphatic hydroxyl groups is 6. The second-order valence-corrected chi connectivity index (χ2v) is 36.4. The van der Waals surface area contributed by atoms with E-state index in [-0.39, 0.29) is 60.5 Å². The first-order chi connectivity index (χ1) is 66.1. The molecule has 6 saturated heterocycles. The van der Waals surface area contributed by atoms with Crippen LogP contribution in [0.3, 0.4) is 0 Å². The molecule has 726 valence electrons. The molecule has 8 aromatic carbocycles. The zero-order valence-electron chi connectivity index (χ0n) is 85.6. The molecular formula is C100H134F4N4O24. The molecule has 0 unspecified atom stereocenters. The summed E-state index contributed by atoms with van der Waals surface area (Å²) < 4.78 is 179. The Morgan fingerprint density at radius 1 is 0.326 bits per heavy atom. The molecule has 10 N–H and O–H groups in total. The van der Waals surface area contributed by atoms with Crippen LogP contribution in [-0.4, -0.2) is 227 Å². The van der Waals surface area contributed by atoms with Crippen LogP contribution in [0.4, 0.5) is 17.6 Å². The Labute approximate surface area is 780 Å². The molecule has 0 aliphatic carbocycles. The third kappa shape index (κ3) is 26.3. The van der Waals surface area contributed by atoms with Gasteiger partial charge in [-0.05, 0) is 273 Å². The number of rotatable bonds is 26. The fourth-order valence-electron chi connectivity index (χ4n) is 16.9. The van der Waals surface area contributed by atoms with Crippen LogP contribution >= 0.6 is 0 Å². The third-order valence-electron chi connectivity index (χ3n) is 23.3. The molecule has 28 nitrogen and oxygen atoms in total. The Morgan fingerprint density at radius 3 is 0.909 bits per heavy atom. The number of hydrogen-bond donors (Lipinski definition) is 10. The second-order valence-electron chi connectivity index (χ2n) is 36.4. The largest absolute Gasteiger partial charge is 0.462 e. The predicted molar refractivity (Wildman–Crippen MR) is 491 cm³/mol. The number of halogens is 4. The van der Waals surface area contributed by atoms with Crippen molar-refractivity contribution in [1.29, 1.82) is 0 Å². The van der Waals surface area contributed by atoms with Gasteiger partial charge < -0.3 is 118 Å².